The lowest BCUT2D eigenvalue weighted by atomic mass is 9.99. The number of aromatic nitrogens is 2. The van der Waals surface area contributed by atoms with Crippen molar-refractivity contribution in [3.8, 4) is 22.5 Å². The minimum atomic E-state index is -0.0880. The maximum absolute atomic E-state index is 6.45. The quantitative estimate of drug-likeness (QED) is 0.520. The van der Waals surface area contributed by atoms with Gasteiger partial charge in [0.25, 0.3) is 0 Å². The number of rotatable bonds is 1. The van der Waals surface area contributed by atoms with Crippen LogP contribution in [0.5, 0.6) is 0 Å². The van der Waals surface area contributed by atoms with Crippen molar-refractivity contribution < 1.29 is 0 Å². The summed E-state index contributed by atoms with van der Waals surface area (Å²) in [6.07, 6.45) is 0. The lowest BCUT2D eigenvalue weighted by Crippen LogP contribution is -2.07. The average Bonchev–Trinajstić information content (AvgIpc) is 3.15. The van der Waals surface area contributed by atoms with Crippen LogP contribution in [0.1, 0.15) is 17.2 Å². The molecule has 3 nitrogen and oxygen atoms in total. The number of H-pyrrole nitrogens is 1. The van der Waals surface area contributed by atoms with Gasteiger partial charge in [0.15, 0.2) is 0 Å². The van der Waals surface area contributed by atoms with Crippen LogP contribution in [0.2, 0.25) is 5.02 Å². The van der Waals surface area contributed by atoms with Gasteiger partial charge in [0.2, 0.25) is 0 Å². The Labute approximate surface area is 144 Å². The van der Waals surface area contributed by atoms with Crippen LogP contribution in [-0.2, 0) is 0 Å². The second kappa shape index (κ2) is 4.94. The van der Waals surface area contributed by atoms with Crippen molar-refractivity contribution in [1.29, 1.82) is 0 Å². The minimum Gasteiger partial charge on any atom is -0.338 e. The standard InChI is InChI=1S/C20H14ClN3/c21-11-8-9-16-17(10-11)24-20(23-16)15-7-3-6-14-18(15)12-4-1-2-5-13(12)19(14)22/h1-10,19H,22H2,(H,23,24)/t19-/m1/s1. The molecule has 0 saturated carbocycles. The van der Waals surface area contributed by atoms with Crippen molar-refractivity contribution in [2.75, 3.05) is 0 Å². The van der Waals surface area contributed by atoms with E-state index in [1.807, 2.05) is 30.3 Å². The first kappa shape index (κ1) is 13.8. The van der Waals surface area contributed by atoms with Crippen molar-refractivity contribution in [2.24, 2.45) is 5.73 Å². The van der Waals surface area contributed by atoms with E-state index in [2.05, 4.69) is 35.3 Å². The number of halogens is 1. The van der Waals surface area contributed by atoms with E-state index in [1.54, 1.807) is 0 Å². The molecule has 0 fully saturated rings. The molecule has 4 aromatic rings. The number of fused-ring (bicyclic) bond motifs is 4. The first-order chi connectivity index (χ1) is 11.7. The normalized spacial score (nSPS) is 15.5. The van der Waals surface area contributed by atoms with Gasteiger partial charge < -0.3 is 10.7 Å². The topological polar surface area (TPSA) is 54.7 Å². The fraction of sp³-hybridized carbons (Fsp3) is 0.0500. The van der Waals surface area contributed by atoms with Gasteiger partial charge in [0, 0.05) is 10.6 Å². The number of nitrogens with two attached hydrogens (primary N) is 1. The molecule has 0 spiro atoms. The maximum atomic E-state index is 6.45. The predicted octanol–water partition coefficient (Wildman–Crippen LogP) is 4.91. The molecule has 0 bridgehead atoms. The van der Waals surface area contributed by atoms with Gasteiger partial charge in [-0.1, -0.05) is 54.1 Å². The zero-order chi connectivity index (χ0) is 16.3. The van der Waals surface area contributed by atoms with Crippen LogP contribution in [0.25, 0.3) is 33.5 Å². The van der Waals surface area contributed by atoms with Gasteiger partial charge >= 0.3 is 0 Å². The summed E-state index contributed by atoms with van der Waals surface area (Å²) in [7, 11) is 0. The van der Waals surface area contributed by atoms with E-state index in [1.165, 1.54) is 16.7 Å². The number of aromatic amines is 1. The summed E-state index contributed by atoms with van der Waals surface area (Å²) in [6.45, 7) is 0. The third kappa shape index (κ3) is 1.86. The Morgan fingerprint density at radius 1 is 0.917 bits per heavy atom. The molecule has 0 unspecified atom stereocenters. The predicted molar refractivity (Wildman–Crippen MR) is 98.0 cm³/mol. The van der Waals surface area contributed by atoms with Crippen molar-refractivity contribution in [2.45, 2.75) is 6.04 Å². The van der Waals surface area contributed by atoms with Crippen LogP contribution in [0.15, 0.2) is 60.7 Å². The third-order valence-electron chi connectivity index (χ3n) is 4.70. The van der Waals surface area contributed by atoms with E-state index in [9.17, 15) is 0 Å². The molecule has 1 aromatic heterocycles. The molecule has 1 atom stereocenters. The Kier molecular flexibility index (Phi) is 2.84. The fourth-order valence-corrected chi connectivity index (χ4v) is 3.77. The Morgan fingerprint density at radius 3 is 2.62 bits per heavy atom. The lowest BCUT2D eigenvalue weighted by molar-refractivity contribution is 0.901. The molecule has 1 aliphatic rings. The molecule has 24 heavy (non-hydrogen) atoms. The van der Waals surface area contributed by atoms with E-state index in [-0.39, 0.29) is 6.04 Å². The molecule has 4 heteroatoms. The summed E-state index contributed by atoms with van der Waals surface area (Å²) in [6, 6.07) is 20.1. The van der Waals surface area contributed by atoms with Crippen LogP contribution in [-0.4, -0.2) is 9.97 Å². The molecule has 3 aromatic carbocycles. The van der Waals surface area contributed by atoms with Crippen LogP contribution >= 0.6 is 11.6 Å². The molecule has 0 saturated heterocycles. The van der Waals surface area contributed by atoms with E-state index in [0.717, 1.165) is 28.0 Å². The number of hydrogen-bond donors (Lipinski definition) is 2. The lowest BCUT2D eigenvalue weighted by Gasteiger charge is -2.08. The molecule has 1 heterocycles. The zero-order valence-electron chi connectivity index (χ0n) is 12.8. The van der Waals surface area contributed by atoms with Crippen LogP contribution in [0, 0.1) is 0 Å². The monoisotopic (exact) mass is 331 g/mol. The number of nitrogens with zero attached hydrogens (tertiary/aromatic N) is 1. The van der Waals surface area contributed by atoms with Gasteiger partial charge in [-0.25, -0.2) is 4.98 Å². The molecular formula is C20H14ClN3. The van der Waals surface area contributed by atoms with E-state index < -0.39 is 0 Å². The molecular weight excluding hydrogens is 318 g/mol. The van der Waals surface area contributed by atoms with Crippen molar-refractivity contribution >= 4 is 22.6 Å². The van der Waals surface area contributed by atoms with Crippen molar-refractivity contribution in [1.82, 2.24) is 9.97 Å². The molecule has 3 N–H and O–H groups in total. The molecule has 0 aliphatic heterocycles. The molecule has 116 valence electrons. The number of hydrogen-bond acceptors (Lipinski definition) is 2. The largest absolute Gasteiger partial charge is 0.338 e. The smallest absolute Gasteiger partial charge is 0.139 e. The van der Waals surface area contributed by atoms with Gasteiger partial charge in [0.05, 0.1) is 17.1 Å². The summed E-state index contributed by atoms with van der Waals surface area (Å²) in [4.78, 5) is 8.14. The van der Waals surface area contributed by atoms with E-state index >= 15 is 0 Å². The minimum absolute atomic E-state index is 0.0880. The van der Waals surface area contributed by atoms with E-state index in [4.69, 9.17) is 22.3 Å². The second-order valence-corrected chi connectivity index (χ2v) is 6.52. The van der Waals surface area contributed by atoms with Crippen LogP contribution in [0.4, 0.5) is 0 Å². The molecule has 5 rings (SSSR count). The average molecular weight is 332 g/mol. The van der Waals surface area contributed by atoms with E-state index in [0.29, 0.717) is 5.02 Å². The summed E-state index contributed by atoms with van der Waals surface area (Å²) in [5, 5.41) is 0.698. The first-order valence-corrected chi connectivity index (χ1v) is 8.23. The van der Waals surface area contributed by atoms with Gasteiger partial charge in [-0.2, -0.15) is 0 Å². The highest BCUT2D eigenvalue weighted by Crippen LogP contribution is 2.46. The van der Waals surface area contributed by atoms with Gasteiger partial charge in [0.1, 0.15) is 5.82 Å². The molecule has 1 aliphatic carbocycles. The number of imidazole rings is 1. The fourth-order valence-electron chi connectivity index (χ4n) is 3.60. The Hall–Kier alpha value is -2.62. The Bertz CT molecular complexity index is 1100. The van der Waals surface area contributed by atoms with Crippen LogP contribution in [0.3, 0.4) is 0 Å². The summed E-state index contributed by atoms with van der Waals surface area (Å²) in [5.74, 6) is 0.841. The highest BCUT2D eigenvalue weighted by molar-refractivity contribution is 6.31. The SMILES string of the molecule is N[C@@H]1c2ccccc2-c2c(-c3nc4ccc(Cl)cc4[nH]3)cccc21. The zero-order valence-corrected chi connectivity index (χ0v) is 13.5. The van der Waals surface area contributed by atoms with Crippen molar-refractivity contribution in [3.63, 3.8) is 0 Å². The van der Waals surface area contributed by atoms with Crippen molar-refractivity contribution in [3.05, 3.63) is 76.8 Å². The maximum Gasteiger partial charge on any atom is 0.139 e. The highest BCUT2D eigenvalue weighted by atomic mass is 35.5. The summed E-state index contributed by atoms with van der Waals surface area (Å²) >= 11 is 6.09. The van der Waals surface area contributed by atoms with Gasteiger partial charge in [-0.05, 0) is 40.5 Å². The molecule has 0 radical (unpaired) electrons. The van der Waals surface area contributed by atoms with Gasteiger partial charge in [-0.15, -0.1) is 0 Å². The third-order valence-corrected chi connectivity index (χ3v) is 4.93. The summed E-state index contributed by atoms with van der Waals surface area (Å²) < 4.78 is 0. The molecule has 0 amide bonds. The second-order valence-electron chi connectivity index (χ2n) is 6.08. The Morgan fingerprint density at radius 2 is 1.71 bits per heavy atom. The first-order valence-electron chi connectivity index (χ1n) is 7.86. The summed E-state index contributed by atoms with van der Waals surface area (Å²) in [5.41, 5.74) is 14.0. The number of nitrogens with one attached hydrogen (secondary N) is 1. The highest BCUT2D eigenvalue weighted by Gasteiger charge is 2.28. The number of benzene rings is 3. The Balaban J connectivity index is 1.79. The van der Waals surface area contributed by atoms with Gasteiger partial charge in [-0.3, -0.25) is 0 Å². The van der Waals surface area contributed by atoms with Crippen LogP contribution < -0.4 is 5.73 Å².